The lowest BCUT2D eigenvalue weighted by Gasteiger charge is -2.08. The predicted octanol–water partition coefficient (Wildman–Crippen LogP) is 2.54. The summed E-state index contributed by atoms with van der Waals surface area (Å²) >= 11 is 3.43. The van der Waals surface area contributed by atoms with E-state index in [0.717, 1.165) is 15.7 Å². The lowest BCUT2D eigenvalue weighted by Crippen LogP contribution is -2.27. The fraction of sp³-hybridized carbons (Fsp3) is 0.200. The first-order valence-corrected chi connectivity index (χ1v) is 7.04. The topological polar surface area (TPSA) is 62.2 Å². The monoisotopic (exact) mass is 334 g/mol. The van der Waals surface area contributed by atoms with Gasteiger partial charge in [0.2, 0.25) is 0 Å². The molecule has 0 atom stereocenters. The van der Waals surface area contributed by atoms with Crippen molar-refractivity contribution < 1.29 is 9.90 Å². The minimum Gasteiger partial charge on any atom is -0.395 e. The van der Waals surface area contributed by atoms with Gasteiger partial charge in [0, 0.05) is 16.6 Å². The molecule has 5 heteroatoms. The molecule has 20 heavy (non-hydrogen) atoms. The van der Waals surface area contributed by atoms with Crippen molar-refractivity contribution in [1.29, 1.82) is 0 Å². The molecule has 0 aliphatic carbocycles. The molecule has 4 nitrogen and oxygen atoms in total. The molecule has 104 valence electrons. The first-order chi connectivity index (χ1) is 9.61. The number of carbonyl (C=O) groups excluding carboxylic acids is 1. The van der Waals surface area contributed by atoms with Gasteiger partial charge in [-0.15, -0.1) is 0 Å². The number of benzene rings is 1. The second kappa shape index (κ2) is 6.63. The zero-order valence-corrected chi connectivity index (χ0v) is 12.6. The van der Waals surface area contributed by atoms with Crippen LogP contribution in [0.4, 0.5) is 0 Å². The summed E-state index contributed by atoms with van der Waals surface area (Å²) < 4.78 is 0.985. The Bertz CT molecular complexity index is 629. The number of aliphatic hydroxyl groups is 1. The van der Waals surface area contributed by atoms with Gasteiger partial charge in [-0.1, -0.05) is 28.1 Å². The van der Waals surface area contributed by atoms with Crippen LogP contribution in [0, 0.1) is 6.92 Å². The van der Waals surface area contributed by atoms with Crippen molar-refractivity contribution in [2.45, 2.75) is 6.92 Å². The summed E-state index contributed by atoms with van der Waals surface area (Å²) in [5.41, 5.74) is 3.00. The molecule has 2 aromatic rings. The van der Waals surface area contributed by atoms with E-state index in [1.165, 1.54) is 0 Å². The minimum atomic E-state index is -0.218. The van der Waals surface area contributed by atoms with Crippen LogP contribution in [0.2, 0.25) is 0 Å². The third kappa shape index (κ3) is 3.43. The molecule has 2 rings (SSSR count). The minimum absolute atomic E-state index is 0.0751. The number of aromatic nitrogens is 1. The Kier molecular flexibility index (Phi) is 4.87. The van der Waals surface area contributed by atoms with Gasteiger partial charge in [-0.3, -0.25) is 9.78 Å². The van der Waals surface area contributed by atoms with Crippen LogP contribution in [-0.4, -0.2) is 29.1 Å². The fourth-order valence-corrected chi connectivity index (χ4v) is 2.27. The van der Waals surface area contributed by atoms with E-state index in [1.54, 1.807) is 13.0 Å². The van der Waals surface area contributed by atoms with Gasteiger partial charge in [-0.05, 0) is 31.2 Å². The standard InChI is InChI=1S/C15H15BrN2O2/c1-10-13(15(20)17-7-8-19)5-6-14(18-10)11-3-2-4-12(16)9-11/h2-6,9,19H,7-8H2,1H3,(H,17,20). The molecule has 1 heterocycles. The SMILES string of the molecule is Cc1nc(-c2cccc(Br)c2)ccc1C(=O)NCCO. The van der Waals surface area contributed by atoms with Gasteiger partial charge in [0.25, 0.3) is 5.91 Å². The number of rotatable bonds is 4. The van der Waals surface area contributed by atoms with E-state index in [2.05, 4.69) is 26.2 Å². The molecule has 0 bridgehead atoms. The second-order valence-corrected chi connectivity index (χ2v) is 5.23. The highest BCUT2D eigenvalue weighted by atomic mass is 79.9. The van der Waals surface area contributed by atoms with Gasteiger partial charge in [0.05, 0.1) is 23.6 Å². The first kappa shape index (κ1) is 14.7. The number of pyridine rings is 1. The van der Waals surface area contributed by atoms with Gasteiger partial charge >= 0.3 is 0 Å². The Labute approximate surface area is 126 Å². The van der Waals surface area contributed by atoms with Crippen LogP contribution in [0.25, 0.3) is 11.3 Å². The molecule has 1 aromatic heterocycles. The van der Waals surface area contributed by atoms with Gasteiger partial charge in [0.1, 0.15) is 0 Å². The molecule has 0 saturated carbocycles. The van der Waals surface area contributed by atoms with Crippen LogP contribution < -0.4 is 5.32 Å². The molecular formula is C15H15BrN2O2. The smallest absolute Gasteiger partial charge is 0.253 e. The van der Waals surface area contributed by atoms with Gasteiger partial charge in [-0.25, -0.2) is 0 Å². The number of aryl methyl sites for hydroxylation is 1. The van der Waals surface area contributed by atoms with Crippen LogP contribution in [0.5, 0.6) is 0 Å². The summed E-state index contributed by atoms with van der Waals surface area (Å²) in [7, 11) is 0. The van der Waals surface area contributed by atoms with Crippen LogP contribution in [0.3, 0.4) is 0 Å². The van der Waals surface area contributed by atoms with E-state index in [4.69, 9.17) is 5.11 Å². The number of aliphatic hydroxyl groups excluding tert-OH is 1. The van der Waals surface area contributed by atoms with E-state index >= 15 is 0 Å². The Hall–Kier alpha value is -1.72. The molecule has 0 radical (unpaired) electrons. The Morgan fingerprint density at radius 2 is 2.15 bits per heavy atom. The summed E-state index contributed by atoms with van der Waals surface area (Å²) in [5.74, 6) is -0.218. The average Bonchev–Trinajstić information content (AvgIpc) is 2.44. The molecule has 0 aliphatic heterocycles. The molecule has 2 N–H and O–H groups in total. The lowest BCUT2D eigenvalue weighted by atomic mass is 10.1. The highest BCUT2D eigenvalue weighted by Gasteiger charge is 2.10. The quantitative estimate of drug-likeness (QED) is 0.903. The molecule has 0 unspecified atom stereocenters. The summed E-state index contributed by atoms with van der Waals surface area (Å²) in [5, 5.41) is 11.3. The lowest BCUT2D eigenvalue weighted by molar-refractivity contribution is 0.0944. The highest BCUT2D eigenvalue weighted by Crippen LogP contribution is 2.22. The molecule has 0 aliphatic rings. The number of carbonyl (C=O) groups is 1. The van der Waals surface area contributed by atoms with E-state index < -0.39 is 0 Å². The Morgan fingerprint density at radius 3 is 2.80 bits per heavy atom. The summed E-state index contributed by atoms with van der Waals surface area (Å²) in [4.78, 5) is 16.3. The summed E-state index contributed by atoms with van der Waals surface area (Å²) in [6.45, 7) is 1.97. The van der Waals surface area contributed by atoms with Crippen molar-refractivity contribution in [3.8, 4) is 11.3 Å². The van der Waals surface area contributed by atoms with E-state index in [1.807, 2.05) is 30.3 Å². The number of hydrogen-bond acceptors (Lipinski definition) is 3. The molecule has 0 fully saturated rings. The maximum atomic E-state index is 11.9. The fourth-order valence-electron chi connectivity index (χ4n) is 1.87. The average molecular weight is 335 g/mol. The van der Waals surface area contributed by atoms with Crippen LogP contribution in [0.15, 0.2) is 40.9 Å². The maximum absolute atomic E-state index is 11.9. The third-order valence-electron chi connectivity index (χ3n) is 2.85. The van der Waals surface area contributed by atoms with Crippen molar-refractivity contribution in [3.05, 3.63) is 52.1 Å². The number of amides is 1. The molecule has 0 spiro atoms. The van der Waals surface area contributed by atoms with Gasteiger partial charge in [0.15, 0.2) is 0 Å². The zero-order valence-electron chi connectivity index (χ0n) is 11.1. The third-order valence-corrected chi connectivity index (χ3v) is 3.34. The second-order valence-electron chi connectivity index (χ2n) is 4.32. The number of nitrogens with zero attached hydrogens (tertiary/aromatic N) is 1. The van der Waals surface area contributed by atoms with Crippen molar-refractivity contribution in [1.82, 2.24) is 10.3 Å². The van der Waals surface area contributed by atoms with E-state index in [0.29, 0.717) is 11.3 Å². The predicted molar refractivity (Wildman–Crippen MR) is 81.5 cm³/mol. The van der Waals surface area contributed by atoms with Crippen LogP contribution >= 0.6 is 15.9 Å². The first-order valence-electron chi connectivity index (χ1n) is 6.24. The van der Waals surface area contributed by atoms with Crippen molar-refractivity contribution in [2.75, 3.05) is 13.2 Å². The van der Waals surface area contributed by atoms with Crippen LogP contribution in [-0.2, 0) is 0 Å². The van der Waals surface area contributed by atoms with E-state index in [-0.39, 0.29) is 19.1 Å². The van der Waals surface area contributed by atoms with E-state index in [9.17, 15) is 4.79 Å². The molecule has 0 saturated heterocycles. The van der Waals surface area contributed by atoms with Gasteiger partial charge < -0.3 is 10.4 Å². The number of nitrogens with one attached hydrogen (secondary N) is 1. The summed E-state index contributed by atoms with van der Waals surface area (Å²) in [6.07, 6.45) is 0. The normalized spacial score (nSPS) is 10.3. The largest absolute Gasteiger partial charge is 0.395 e. The molecule has 1 amide bonds. The highest BCUT2D eigenvalue weighted by molar-refractivity contribution is 9.10. The van der Waals surface area contributed by atoms with Gasteiger partial charge in [-0.2, -0.15) is 0 Å². The summed E-state index contributed by atoms with van der Waals surface area (Å²) in [6, 6.07) is 11.4. The van der Waals surface area contributed by atoms with Crippen molar-refractivity contribution >= 4 is 21.8 Å². The number of hydrogen-bond donors (Lipinski definition) is 2. The maximum Gasteiger partial charge on any atom is 0.253 e. The molecular weight excluding hydrogens is 320 g/mol. The Morgan fingerprint density at radius 1 is 1.35 bits per heavy atom. The molecule has 1 aromatic carbocycles. The van der Waals surface area contributed by atoms with Crippen LogP contribution in [0.1, 0.15) is 16.1 Å². The number of halogens is 1. The Balaban J connectivity index is 2.28. The zero-order chi connectivity index (χ0) is 14.5. The van der Waals surface area contributed by atoms with Crippen molar-refractivity contribution in [2.24, 2.45) is 0 Å². The van der Waals surface area contributed by atoms with Crippen molar-refractivity contribution in [3.63, 3.8) is 0 Å².